The monoisotopic (exact) mass is 284 g/mol. The Morgan fingerprint density at radius 2 is 1.90 bits per heavy atom. The molecule has 0 bridgehead atoms. The molecule has 0 saturated heterocycles. The minimum Gasteiger partial charge on any atom is -0.385 e. The van der Waals surface area contributed by atoms with Crippen LogP contribution in [0, 0.1) is 5.82 Å². The van der Waals surface area contributed by atoms with Crippen molar-refractivity contribution in [3.05, 3.63) is 29.6 Å². The Labute approximate surface area is 120 Å². The summed E-state index contributed by atoms with van der Waals surface area (Å²) < 4.78 is 23.6. The normalized spacial score (nSPS) is 12.4. The molecule has 0 unspecified atom stereocenters. The fourth-order valence-electron chi connectivity index (χ4n) is 2.13. The smallest absolute Gasteiger partial charge is 0.123 e. The molecule has 114 valence electrons. The topological polar surface area (TPSA) is 47.7 Å². The first kappa shape index (κ1) is 16.9. The molecule has 1 atom stereocenters. The molecule has 0 amide bonds. The number of nitrogens with zero attached hydrogens (tertiary/aromatic N) is 1. The Morgan fingerprint density at radius 3 is 2.50 bits per heavy atom. The van der Waals surface area contributed by atoms with Gasteiger partial charge in [0.15, 0.2) is 0 Å². The van der Waals surface area contributed by atoms with E-state index in [1.54, 1.807) is 20.3 Å². The molecule has 0 fully saturated rings. The molecule has 0 saturated carbocycles. The van der Waals surface area contributed by atoms with Crippen LogP contribution in [-0.2, 0) is 9.47 Å². The van der Waals surface area contributed by atoms with E-state index in [-0.39, 0.29) is 11.9 Å². The van der Waals surface area contributed by atoms with Gasteiger partial charge in [-0.1, -0.05) is 0 Å². The van der Waals surface area contributed by atoms with Crippen LogP contribution in [0.4, 0.5) is 10.1 Å². The van der Waals surface area contributed by atoms with E-state index in [1.807, 2.05) is 6.92 Å². The maximum absolute atomic E-state index is 13.4. The van der Waals surface area contributed by atoms with Gasteiger partial charge in [0.2, 0.25) is 0 Å². The summed E-state index contributed by atoms with van der Waals surface area (Å²) in [5.41, 5.74) is 7.74. The van der Waals surface area contributed by atoms with E-state index in [1.165, 1.54) is 12.1 Å². The second-order valence-corrected chi connectivity index (χ2v) is 4.82. The molecule has 20 heavy (non-hydrogen) atoms. The lowest BCUT2D eigenvalue weighted by atomic mass is 10.1. The van der Waals surface area contributed by atoms with Crippen molar-refractivity contribution in [3.8, 4) is 0 Å². The maximum Gasteiger partial charge on any atom is 0.123 e. The molecular formula is C15H25FN2O2. The molecule has 0 aliphatic rings. The first-order chi connectivity index (χ1) is 9.60. The molecule has 0 aliphatic heterocycles. The molecule has 2 N–H and O–H groups in total. The van der Waals surface area contributed by atoms with Crippen LogP contribution >= 0.6 is 0 Å². The van der Waals surface area contributed by atoms with Crippen LogP contribution in [-0.4, -0.2) is 40.5 Å². The molecule has 1 rings (SSSR count). The van der Waals surface area contributed by atoms with Crippen molar-refractivity contribution >= 4 is 5.69 Å². The van der Waals surface area contributed by atoms with Crippen LogP contribution < -0.4 is 10.6 Å². The zero-order chi connectivity index (χ0) is 15.0. The lowest BCUT2D eigenvalue weighted by molar-refractivity contribution is 0.191. The lowest BCUT2D eigenvalue weighted by Crippen LogP contribution is -2.30. The van der Waals surface area contributed by atoms with Gasteiger partial charge in [0.25, 0.3) is 0 Å². The predicted octanol–water partition coefficient (Wildman–Crippen LogP) is 2.33. The number of nitrogens with two attached hydrogens (primary N) is 1. The van der Waals surface area contributed by atoms with Crippen LogP contribution in [0.1, 0.15) is 24.9 Å². The number of hydrogen-bond donors (Lipinski definition) is 1. The largest absolute Gasteiger partial charge is 0.385 e. The molecule has 1 aromatic rings. The van der Waals surface area contributed by atoms with Crippen LogP contribution in [0.25, 0.3) is 0 Å². The summed E-state index contributed by atoms with van der Waals surface area (Å²) in [6, 6.07) is 4.55. The summed E-state index contributed by atoms with van der Waals surface area (Å²) >= 11 is 0. The SMILES string of the molecule is COCCCN(CCOC)c1ccc(F)cc1[C@H](C)N. The maximum atomic E-state index is 13.4. The Bertz CT molecular complexity index is 399. The molecule has 0 aliphatic carbocycles. The molecule has 4 nitrogen and oxygen atoms in total. The van der Waals surface area contributed by atoms with Gasteiger partial charge in [-0.15, -0.1) is 0 Å². The summed E-state index contributed by atoms with van der Waals surface area (Å²) in [7, 11) is 3.36. The van der Waals surface area contributed by atoms with Gasteiger partial charge in [-0.25, -0.2) is 4.39 Å². The first-order valence-corrected chi connectivity index (χ1v) is 6.88. The summed E-state index contributed by atoms with van der Waals surface area (Å²) in [6.45, 7) is 4.73. The number of anilines is 1. The van der Waals surface area contributed by atoms with Gasteiger partial charge in [-0.2, -0.15) is 0 Å². The van der Waals surface area contributed by atoms with Crippen molar-refractivity contribution in [2.75, 3.05) is 45.4 Å². The second kappa shape index (κ2) is 8.89. The van der Waals surface area contributed by atoms with E-state index < -0.39 is 0 Å². The third kappa shape index (κ3) is 5.07. The molecular weight excluding hydrogens is 259 g/mol. The van der Waals surface area contributed by atoms with Crippen molar-refractivity contribution < 1.29 is 13.9 Å². The van der Waals surface area contributed by atoms with Gasteiger partial charge in [-0.05, 0) is 37.1 Å². The van der Waals surface area contributed by atoms with Gasteiger partial charge < -0.3 is 20.1 Å². The summed E-state index contributed by atoms with van der Waals surface area (Å²) in [6.07, 6.45) is 0.899. The highest BCUT2D eigenvalue weighted by atomic mass is 19.1. The van der Waals surface area contributed by atoms with E-state index in [4.69, 9.17) is 15.2 Å². The molecule has 5 heteroatoms. The van der Waals surface area contributed by atoms with Crippen molar-refractivity contribution in [1.29, 1.82) is 0 Å². The number of benzene rings is 1. The molecule has 1 aromatic carbocycles. The molecule has 0 heterocycles. The van der Waals surface area contributed by atoms with E-state index in [9.17, 15) is 4.39 Å². The van der Waals surface area contributed by atoms with Gasteiger partial charge in [0.1, 0.15) is 5.82 Å². The van der Waals surface area contributed by atoms with Crippen LogP contribution in [0.15, 0.2) is 18.2 Å². The van der Waals surface area contributed by atoms with Crippen LogP contribution in [0.5, 0.6) is 0 Å². The highest BCUT2D eigenvalue weighted by Crippen LogP contribution is 2.26. The average Bonchev–Trinajstić information content (AvgIpc) is 2.43. The van der Waals surface area contributed by atoms with Gasteiger partial charge in [0, 0.05) is 45.6 Å². The van der Waals surface area contributed by atoms with Crippen molar-refractivity contribution in [2.45, 2.75) is 19.4 Å². The Kier molecular flexibility index (Phi) is 7.51. The summed E-state index contributed by atoms with van der Waals surface area (Å²) in [5.74, 6) is -0.260. The van der Waals surface area contributed by atoms with Crippen molar-refractivity contribution in [1.82, 2.24) is 0 Å². The number of methoxy groups -OCH3 is 2. The van der Waals surface area contributed by atoms with Crippen molar-refractivity contribution in [2.24, 2.45) is 5.73 Å². The number of halogens is 1. The highest BCUT2D eigenvalue weighted by Gasteiger charge is 2.14. The summed E-state index contributed by atoms with van der Waals surface area (Å²) in [4.78, 5) is 2.17. The molecule has 0 spiro atoms. The second-order valence-electron chi connectivity index (χ2n) is 4.82. The first-order valence-electron chi connectivity index (χ1n) is 6.88. The van der Waals surface area contributed by atoms with E-state index in [2.05, 4.69) is 4.90 Å². The van der Waals surface area contributed by atoms with E-state index in [0.29, 0.717) is 13.2 Å². The number of rotatable bonds is 9. The third-order valence-corrected chi connectivity index (χ3v) is 3.16. The fraction of sp³-hybridized carbons (Fsp3) is 0.600. The van der Waals surface area contributed by atoms with E-state index >= 15 is 0 Å². The number of hydrogen-bond acceptors (Lipinski definition) is 4. The van der Waals surface area contributed by atoms with Crippen molar-refractivity contribution in [3.63, 3.8) is 0 Å². The fourth-order valence-corrected chi connectivity index (χ4v) is 2.13. The molecule has 0 radical (unpaired) electrons. The number of ether oxygens (including phenoxy) is 2. The predicted molar refractivity (Wildman–Crippen MR) is 79.6 cm³/mol. The highest BCUT2D eigenvalue weighted by molar-refractivity contribution is 5.55. The van der Waals surface area contributed by atoms with Gasteiger partial charge in [0.05, 0.1) is 6.61 Å². The van der Waals surface area contributed by atoms with Gasteiger partial charge in [-0.3, -0.25) is 0 Å². The third-order valence-electron chi connectivity index (χ3n) is 3.16. The van der Waals surface area contributed by atoms with Crippen LogP contribution in [0.2, 0.25) is 0 Å². The minimum atomic E-state index is -0.260. The van der Waals surface area contributed by atoms with Crippen LogP contribution in [0.3, 0.4) is 0 Å². The standard InChI is InChI=1S/C15H25FN2O2/c1-12(17)14-11-13(16)5-6-15(14)18(8-10-20-3)7-4-9-19-2/h5-6,11-12H,4,7-10,17H2,1-3H3/t12-/m0/s1. The Balaban J connectivity index is 2.92. The Hall–Kier alpha value is -1.17. The minimum absolute atomic E-state index is 0.215. The quantitative estimate of drug-likeness (QED) is 0.707. The van der Waals surface area contributed by atoms with E-state index in [0.717, 1.165) is 30.8 Å². The van der Waals surface area contributed by atoms with Gasteiger partial charge >= 0.3 is 0 Å². The zero-order valence-electron chi connectivity index (χ0n) is 12.6. The summed E-state index contributed by atoms with van der Waals surface area (Å²) in [5, 5.41) is 0. The molecule has 0 aromatic heterocycles. The average molecular weight is 284 g/mol. The Morgan fingerprint density at radius 1 is 1.20 bits per heavy atom. The zero-order valence-corrected chi connectivity index (χ0v) is 12.6. The lowest BCUT2D eigenvalue weighted by Gasteiger charge is -2.28.